The molecule has 0 saturated heterocycles. The van der Waals surface area contributed by atoms with Crippen molar-refractivity contribution in [3.63, 3.8) is 0 Å². The second kappa shape index (κ2) is 11.4. The number of nitrogens with zero attached hydrogens (tertiary/aromatic N) is 3. The molecule has 7 heteroatoms. The molecule has 3 saturated carbocycles. The van der Waals surface area contributed by atoms with Crippen LogP contribution in [0.2, 0.25) is 0 Å². The average Bonchev–Trinajstić information content (AvgIpc) is 3.22. The van der Waals surface area contributed by atoms with Crippen LogP contribution >= 0.6 is 0 Å². The van der Waals surface area contributed by atoms with Gasteiger partial charge in [0.05, 0.1) is 11.7 Å². The molecular weight excluding hydrogens is 466 g/mol. The van der Waals surface area contributed by atoms with Crippen LogP contribution in [0.3, 0.4) is 0 Å². The SMILES string of the molecule is CC(C)(C)OC(=O)N(C[C@H]1C[C@H](n2cc(C3CCCCC3)c(C3CCCCC3)n2)C1)C(=O)OC(C)(C)C. The van der Waals surface area contributed by atoms with E-state index in [9.17, 15) is 9.59 Å². The largest absolute Gasteiger partial charge is 0.443 e. The Morgan fingerprint density at radius 3 is 1.81 bits per heavy atom. The fourth-order valence-electron chi connectivity index (χ4n) is 6.21. The Kier molecular flexibility index (Phi) is 8.59. The van der Waals surface area contributed by atoms with Gasteiger partial charge in [0.25, 0.3) is 0 Å². The first-order chi connectivity index (χ1) is 17.4. The molecule has 4 rings (SSSR count). The minimum Gasteiger partial charge on any atom is -0.443 e. The molecule has 0 bridgehead atoms. The molecule has 1 aromatic rings. The highest BCUT2D eigenvalue weighted by molar-refractivity contribution is 5.88. The summed E-state index contributed by atoms with van der Waals surface area (Å²) in [6.07, 6.45) is 16.0. The van der Waals surface area contributed by atoms with E-state index in [1.54, 1.807) is 0 Å². The van der Waals surface area contributed by atoms with E-state index in [0.29, 0.717) is 24.4 Å². The minimum atomic E-state index is -0.681. The number of aromatic nitrogens is 2. The second-order valence-electron chi connectivity index (χ2n) is 13.7. The van der Waals surface area contributed by atoms with Crippen molar-refractivity contribution in [3.05, 3.63) is 17.5 Å². The number of imide groups is 1. The Hall–Kier alpha value is -2.05. The number of rotatable bonds is 5. The third-order valence-corrected chi connectivity index (χ3v) is 8.08. The molecule has 0 unspecified atom stereocenters. The molecule has 0 N–H and O–H groups in total. The maximum Gasteiger partial charge on any atom is 0.419 e. The molecule has 3 aliphatic rings. The summed E-state index contributed by atoms with van der Waals surface area (Å²) in [5.41, 5.74) is 1.53. The lowest BCUT2D eigenvalue weighted by atomic mass is 9.79. The van der Waals surface area contributed by atoms with Gasteiger partial charge in [0.2, 0.25) is 0 Å². The molecule has 0 aromatic carbocycles. The lowest BCUT2D eigenvalue weighted by molar-refractivity contribution is -0.00642. The van der Waals surface area contributed by atoms with Gasteiger partial charge in [-0.25, -0.2) is 14.5 Å². The molecule has 3 aliphatic carbocycles. The van der Waals surface area contributed by atoms with Gasteiger partial charge in [0.1, 0.15) is 11.2 Å². The Morgan fingerprint density at radius 1 is 0.838 bits per heavy atom. The maximum atomic E-state index is 12.9. The Balaban J connectivity index is 1.44. The van der Waals surface area contributed by atoms with Gasteiger partial charge in [-0.2, -0.15) is 5.10 Å². The van der Waals surface area contributed by atoms with E-state index in [4.69, 9.17) is 14.6 Å². The van der Waals surface area contributed by atoms with Crippen LogP contribution in [0.5, 0.6) is 0 Å². The number of hydrogen-bond donors (Lipinski definition) is 0. The van der Waals surface area contributed by atoms with Crippen molar-refractivity contribution < 1.29 is 19.1 Å². The summed E-state index contributed by atoms with van der Waals surface area (Å²) in [5.74, 6) is 1.48. The van der Waals surface area contributed by atoms with Crippen molar-refractivity contribution in [2.75, 3.05) is 6.54 Å². The molecule has 0 spiro atoms. The van der Waals surface area contributed by atoms with E-state index < -0.39 is 23.4 Å². The van der Waals surface area contributed by atoms with Gasteiger partial charge < -0.3 is 9.47 Å². The van der Waals surface area contributed by atoms with Crippen LogP contribution in [0.25, 0.3) is 0 Å². The van der Waals surface area contributed by atoms with E-state index in [1.165, 1.54) is 75.5 Å². The zero-order valence-corrected chi connectivity index (χ0v) is 24.1. The summed E-state index contributed by atoms with van der Waals surface area (Å²) in [6.45, 7) is 11.2. The molecule has 0 radical (unpaired) electrons. The quantitative estimate of drug-likeness (QED) is 0.396. The van der Waals surface area contributed by atoms with E-state index in [0.717, 1.165) is 17.7 Å². The zero-order chi connectivity index (χ0) is 26.8. The number of carbonyl (C=O) groups is 2. The summed E-state index contributed by atoms with van der Waals surface area (Å²) in [7, 11) is 0. The first-order valence-corrected chi connectivity index (χ1v) is 14.7. The predicted octanol–water partition coefficient (Wildman–Crippen LogP) is 8.10. The van der Waals surface area contributed by atoms with Crippen LogP contribution in [-0.4, -0.2) is 44.6 Å². The molecule has 3 fully saturated rings. The normalized spacial score (nSPS) is 23.8. The molecule has 7 nitrogen and oxygen atoms in total. The van der Waals surface area contributed by atoms with Crippen molar-refractivity contribution in [3.8, 4) is 0 Å². The number of carbonyl (C=O) groups excluding carboxylic acids is 2. The number of hydrogen-bond acceptors (Lipinski definition) is 5. The monoisotopic (exact) mass is 515 g/mol. The smallest absolute Gasteiger partial charge is 0.419 e. The molecule has 0 atom stereocenters. The van der Waals surface area contributed by atoms with Gasteiger partial charge >= 0.3 is 12.2 Å². The number of amides is 2. The van der Waals surface area contributed by atoms with Crippen LogP contribution in [0.15, 0.2) is 6.20 Å². The molecule has 2 amide bonds. The second-order valence-corrected chi connectivity index (χ2v) is 13.7. The first kappa shape index (κ1) is 28.0. The lowest BCUT2D eigenvalue weighted by Crippen LogP contribution is -2.47. The zero-order valence-electron chi connectivity index (χ0n) is 24.1. The highest BCUT2D eigenvalue weighted by Gasteiger charge is 2.39. The van der Waals surface area contributed by atoms with Crippen molar-refractivity contribution >= 4 is 12.2 Å². The van der Waals surface area contributed by atoms with E-state index in [-0.39, 0.29) is 5.92 Å². The summed E-state index contributed by atoms with van der Waals surface area (Å²) in [4.78, 5) is 26.9. The van der Waals surface area contributed by atoms with Crippen molar-refractivity contribution in [1.29, 1.82) is 0 Å². The highest BCUT2D eigenvalue weighted by atomic mass is 16.6. The van der Waals surface area contributed by atoms with E-state index >= 15 is 0 Å². The molecule has 0 aliphatic heterocycles. The van der Waals surface area contributed by atoms with Crippen LogP contribution in [0, 0.1) is 5.92 Å². The molecule has 208 valence electrons. The predicted molar refractivity (Wildman–Crippen MR) is 145 cm³/mol. The lowest BCUT2D eigenvalue weighted by Gasteiger charge is -2.38. The molecule has 37 heavy (non-hydrogen) atoms. The van der Waals surface area contributed by atoms with E-state index in [2.05, 4.69) is 10.9 Å². The third-order valence-electron chi connectivity index (χ3n) is 8.08. The van der Waals surface area contributed by atoms with Gasteiger partial charge in [-0.15, -0.1) is 0 Å². The van der Waals surface area contributed by atoms with Gasteiger partial charge in [0.15, 0.2) is 0 Å². The summed E-state index contributed by atoms with van der Waals surface area (Å²) in [5, 5.41) is 5.23. The maximum absolute atomic E-state index is 12.9. The van der Waals surface area contributed by atoms with Gasteiger partial charge in [-0.1, -0.05) is 38.5 Å². The average molecular weight is 516 g/mol. The molecule has 1 aromatic heterocycles. The van der Waals surface area contributed by atoms with Gasteiger partial charge in [-0.3, -0.25) is 4.68 Å². The molecule has 1 heterocycles. The Morgan fingerprint density at radius 2 is 1.32 bits per heavy atom. The summed E-state index contributed by atoms with van der Waals surface area (Å²) in [6, 6.07) is 0.323. The van der Waals surface area contributed by atoms with Crippen molar-refractivity contribution in [1.82, 2.24) is 14.7 Å². The van der Waals surface area contributed by atoms with Gasteiger partial charge in [-0.05, 0) is 97.5 Å². The van der Waals surface area contributed by atoms with Crippen LogP contribution < -0.4 is 0 Å². The standard InChI is InChI=1S/C30H49N3O4/c1-29(2,3)36-27(34)32(28(35)37-30(4,5)6)19-21-17-24(18-21)33-20-25(22-13-9-7-10-14-22)26(31-33)23-15-11-8-12-16-23/h20-24H,7-19H2,1-6H3/t21-,24-. The fraction of sp³-hybridized carbons (Fsp3) is 0.833. The Bertz CT molecular complexity index is 860. The Labute approximate surface area is 223 Å². The van der Waals surface area contributed by atoms with E-state index in [1.807, 2.05) is 41.5 Å². The topological polar surface area (TPSA) is 73.7 Å². The highest BCUT2D eigenvalue weighted by Crippen LogP contribution is 2.44. The minimum absolute atomic E-state index is 0.213. The van der Waals surface area contributed by atoms with Crippen LogP contribution in [0.4, 0.5) is 9.59 Å². The van der Waals surface area contributed by atoms with Crippen LogP contribution in [-0.2, 0) is 9.47 Å². The van der Waals surface area contributed by atoms with Crippen molar-refractivity contribution in [2.24, 2.45) is 5.92 Å². The van der Waals surface area contributed by atoms with Gasteiger partial charge in [0, 0.05) is 18.7 Å². The summed E-state index contributed by atoms with van der Waals surface area (Å²) < 4.78 is 13.3. The fourth-order valence-corrected chi connectivity index (χ4v) is 6.21. The molecular formula is C30H49N3O4. The summed E-state index contributed by atoms with van der Waals surface area (Å²) >= 11 is 0. The van der Waals surface area contributed by atoms with Crippen LogP contribution in [0.1, 0.15) is 148 Å². The van der Waals surface area contributed by atoms with Crippen molar-refractivity contribution in [2.45, 2.75) is 148 Å². The third kappa shape index (κ3) is 7.51. The number of ether oxygens (including phenoxy) is 2. The first-order valence-electron chi connectivity index (χ1n) is 14.7.